The molecule has 0 saturated carbocycles. The highest BCUT2D eigenvalue weighted by atomic mass is 19.1. The number of carbonyl (C=O) groups excluding carboxylic acids is 2. The number of para-hydroxylation sites is 2. The van der Waals surface area contributed by atoms with Crippen molar-refractivity contribution in [3.63, 3.8) is 0 Å². The van der Waals surface area contributed by atoms with E-state index in [0.29, 0.717) is 16.7 Å². The van der Waals surface area contributed by atoms with E-state index in [1.54, 1.807) is 42.5 Å². The number of hydrogen-bond donors (Lipinski definition) is 1. The molecule has 34 heavy (non-hydrogen) atoms. The summed E-state index contributed by atoms with van der Waals surface area (Å²) in [6.45, 7) is 5.32. The molecular formula is C26H26FN5O2. The Bertz CT molecular complexity index is 1310. The Kier molecular flexibility index (Phi) is 6.40. The van der Waals surface area contributed by atoms with Crippen LogP contribution in [0.1, 0.15) is 32.4 Å². The van der Waals surface area contributed by atoms with Crippen molar-refractivity contribution in [1.82, 2.24) is 20.3 Å². The summed E-state index contributed by atoms with van der Waals surface area (Å²) in [5.74, 6) is -1.49. The summed E-state index contributed by atoms with van der Waals surface area (Å²) in [7, 11) is 0. The molecule has 0 aliphatic rings. The molecule has 0 aliphatic heterocycles. The molecule has 0 unspecified atom stereocenters. The number of amides is 2. The van der Waals surface area contributed by atoms with Crippen LogP contribution in [-0.4, -0.2) is 32.3 Å². The lowest BCUT2D eigenvalue weighted by Crippen LogP contribution is -2.50. The normalized spacial score (nSPS) is 12.4. The molecule has 1 aromatic heterocycles. The average molecular weight is 460 g/mol. The van der Waals surface area contributed by atoms with E-state index in [-0.39, 0.29) is 12.1 Å². The predicted molar refractivity (Wildman–Crippen MR) is 128 cm³/mol. The Balaban J connectivity index is 1.82. The number of fused-ring (bicyclic) bond motifs is 1. The van der Waals surface area contributed by atoms with E-state index in [9.17, 15) is 9.59 Å². The van der Waals surface area contributed by atoms with Crippen molar-refractivity contribution >= 4 is 28.5 Å². The third kappa shape index (κ3) is 4.96. The van der Waals surface area contributed by atoms with Crippen LogP contribution >= 0.6 is 0 Å². The van der Waals surface area contributed by atoms with E-state index in [0.717, 1.165) is 0 Å². The molecule has 8 heteroatoms. The second-order valence-corrected chi connectivity index (χ2v) is 9.00. The van der Waals surface area contributed by atoms with Crippen molar-refractivity contribution < 1.29 is 14.0 Å². The van der Waals surface area contributed by atoms with E-state index in [1.165, 1.54) is 21.7 Å². The van der Waals surface area contributed by atoms with Gasteiger partial charge < -0.3 is 5.32 Å². The summed E-state index contributed by atoms with van der Waals surface area (Å²) in [4.78, 5) is 28.7. The maximum absolute atomic E-state index is 15.0. The molecule has 1 N–H and O–H groups in total. The molecular weight excluding hydrogens is 433 g/mol. The zero-order chi connectivity index (χ0) is 24.3. The Morgan fingerprint density at radius 2 is 1.62 bits per heavy atom. The van der Waals surface area contributed by atoms with Crippen LogP contribution in [0, 0.1) is 5.82 Å². The summed E-state index contributed by atoms with van der Waals surface area (Å²) in [5.41, 5.74) is 1.32. The van der Waals surface area contributed by atoms with E-state index in [2.05, 4.69) is 15.6 Å². The predicted octanol–water partition coefficient (Wildman–Crippen LogP) is 4.26. The van der Waals surface area contributed by atoms with Crippen molar-refractivity contribution in [2.75, 3.05) is 4.90 Å². The van der Waals surface area contributed by atoms with Gasteiger partial charge in [-0.2, -0.15) is 0 Å². The van der Waals surface area contributed by atoms with Crippen LogP contribution in [0.15, 0.2) is 78.9 Å². The first-order chi connectivity index (χ1) is 16.2. The fraction of sp³-hybridized carbons (Fsp3) is 0.231. The lowest BCUT2D eigenvalue weighted by molar-refractivity contribution is -0.128. The van der Waals surface area contributed by atoms with Crippen molar-refractivity contribution in [3.8, 4) is 0 Å². The highest BCUT2D eigenvalue weighted by Crippen LogP contribution is 2.30. The molecule has 0 aliphatic carbocycles. The van der Waals surface area contributed by atoms with E-state index >= 15 is 4.39 Å². The summed E-state index contributed by atoms with van der Waals surface area (Å²) in [5, 5.41) is 11.1. The molecule has 0 spiro atoms. The molecule has 0 saturated heterocycles. The Hall–Kier alpha value is -4.07. The second kappa shape index (κ2) is 9.43. The number of halogens is 1. The number of nitrogens with zero attached hydrogens (tertiary/aromatic N) is 4. The first kappa shape index (κ1) is 23.1. The molecule has 4 aromatic rings. The van der Waals surface area contributed by atoms with Gasteiger partial charge in [0.05, 0.1) is 5.52 Å². The quantitative estimate of drug-likeness (QED) is 0.467. The summed E-state index contributed by atoms with van der Waals surface area (Å²) >= 11 is 0. The third-order valence-electron chi connectivity index (χ3n) is 5.21. The van der Waals surface area contributed by atoms with Crippen molar-refractivity contribution in [1.29, 1.82) is 0 Å². The Morgan fingerprint density at radius 1 is 0.971 bits per heavy atom. The van der Waals surface area contributed by atoms with Crippen LogP contribution in [0.3, 0.4) is 0 Å². The number of benzene rings is 3. The zero-order valence-electron chi connectivity index (χ0n) is 19.3. The maximum Gasteiger partial charge on any atom is 0.249 e. The Labute approximate surface area is 197 Å². The average Bonchev–Trinajstić information content (AvgIpc) is 3.20. The molecule has 1 atom stereocenters. The monoisotopic (exact) mass is 459 g/mol. The smallest absolute Gasteiger partial charge is 0.249 e. The number of aromatic nitrogens is 3. The van der Waals surface area contributed by atoms with Gasteiger partial charge in [0.1, 0.15) is 23.9 Å². The number of nitrogens with one attached hydrogen (secondary N) is 1. The highest BCUT2D eigenvalue weighted by Gasteiger charge is 2.36. The lowest BCUT2D eigenvalue weighted by atomic mass is 10.00. The standard InChI is InChI=1S/C26H26FN5O2/c1-26(2,3)28-25(34)24(19-13-7-8-14-20(19)27)32(18-11-5-4-6-12-18)23(33)17-31-22-16-10-9-15-21(22)29-30-31/h4-16,24H,17H2,1-3H3,(H,28,34)/t24-/m1/s1. The van der Waals surface area contributed by atoms with Gasteiger partial charge in [-0.05, 0) is 51.1 Å². The topological polar surface area (TPSA) is 80.1 Å². The van der Waals surface area contributed by atoms with Crippen LogP contribution in [0.5, 0.6) is 0 Å². The number of carbonyl (C=O) groups is 2. The fourth-order valence-corrected chi connectivity index (χ4v) is 3.80. The van der Waals surface area contributed by atoms with Crippen molar-refractivity contribution in [2.45, 2.75) is 38.9 Å². The number of hydrogen-bond acceptors (Lipinski definition) is 4. The van der Waals surface area contributed by atoms with Gasteiger partial charge in [-0.3, -0.25) is 14.5 Å². The minimum Gasteiger partial charge on any atom is -0.349 e. The molecule has 7 nitrogen and oxygen atoms in total. The maximum atomic E-state index is 15.0. The minimum atomic E-state index is -1.23. The second-order valence-electron chi connectivity index (χ2n) is 9.00. The van der Waals surface area contributed by atoms with Gasteiger partial charge >= 0.3 is 0 Å². The molecule has 174 valence electrons. The summed E-state index contributed by atoms with van der Waals surface area (Å²) in [6, 6.07) is 20.8. The number of rotatable bonds is 6. The molecule has 1 heterocycles. The van der Waals surface area contributed by atoms with Gasteiger partial charge in [0.15, 0.2) is 0 Å². The lowest BCUT2D eigenvalue weighted by Gasteiger charge is -2.34. The van der Waals surface area contributed by atoms with Gasteiger partial charge in [-0.1, -0.05) is 53.7 Å². The fourth-order valence-electron chi connectivity index (χ4n) is 3.80. The van der Waals surface area contributed by atoms with Gasteiger partial charge in [0.25, 0.3) is 0 Å². The summed E-state index contributed by atoms with van der Waals surface area (Å²) < 4.78 is 16.5. The SMILES string of the molecule is CC(C)(C)NC(=O)[C@@H](c1ccccc1F)N(C(=O)Cn1nnc2ccccc21)c1ccccc1. The number of anilines is 1. The van der Waals surface area contributed by atoms with Crippen LogP contribution in [0.2, 0.25) is 0 Å². The first-order valence-electron chi connectivity index (χ1n) is 11.0. The van der Waals surface area contributed by atoms with Crippen LogP contribution < -0.4 is 10.2 Å². The molecule has 0 radical (unpaired) electrons. The van der Waals surface area contributed by atoms with Gasteiger partial charge in [0.2, 0.25) is 11.8 Å². The van der Waals surface area contributed by atoms with Gasteiger partial charge in [-0.25, -0.2) is 9.07 Å². The highest BCUT2D eigenvalue weighted by molar-refractivity contribution is 6.01. The largest absolute Gasteiger partial charge is 0.349 e. The third-order valence-corrected chi connectivity index (χ3v) is 5.21. The van der Waals surface area contributed by atoms with Crippen molar-refractivity contribution in [2.24, 2.45) is 0 Å². The van der Waals surface area contributed by atoms with Crippen LogP contribution in [0.25, 0.3) is 11.0 Å². The van der Waals surface area contributed by atoms with E-state index < -0.39 is 29.2 Å². The summed E-state index contributed by atoms with van der Waals surface area (Å²) in [6.07, 6.45) is 0. The molecule has 2 amide bonds. The minimum absolute atomic E-state index is 0.102. The molecule has 0 bridgehead atoms. The van der Waals surface area contributed by atoms with Crippen molar-refractivity contribution in [3.05, 3.63) is 90.2 Å². The molecule has 4 rings (SSSR count). The zero-order valence-corrected chi connectivity index (χ0v) is 19.3. The van der Waals surface area contributed by atoms with Crippen LogP contribution in [0.4, 0.5) is 10.1 Å². The first-order valence-corrected chi connectivity index (χ1v) is 11.0. The molecule has 0 fully saturated rings. The van der Waals surface area contributed by atoms with Gasteiger partial charge in [0, 0.05) is 16.8 Å². The Morgan fingerprint density at radius 3 is 2.32 bits per heavy atom. The van der Waals surface area contributed by atoms with Crippen LogP contribution in [-0.2, 0) is 16.1 Å². The van der Waals surface area contributed by atoms with E-state index in [4.69, 9.17) is 0 Å². The molecule has 3 aromatic carbocycles. The van der Waals surface area contributed by atoms with E-state index in [1.807, 2.05) is 45.0 Å². The van der Waals surface area contributed by atoms with Gasteiger partial charge in [-0.15, -0.1) is 5.10 Å².